The van der Waals surface area contributed by atoms with Gasteiger partial charge >= 0.3 is 0 Å². The molecule has 2 aromatic heterocycles. The largest absolute Gasteiger partial charge is 0.346 e. The molecule has 0 aliphatic heterocycles. The quantitative estimate of drug-likeness (QED) is 0.541. The van der Waals surface area contributed by atoms with E-state index in [0.29, 0.717) is 0 Å². The van der Waals surface area contributed by atoms with Gasteiger partial charge in [-0.05, 0) is 26.0 Å². The van der Waals surface area contributed by atoms with Crippen LogP contribution in [0.15, 0.2) is 24.3 Å². The number of aryl methyl sites for hydroxylation is 4. The van der Waals surface area contributed by atoms with Crippen molar-refractivity contribution < 1.29 is 0 Å². The summed E-state index contributed by atoms with van der Waals surface area (Å²) < 4.78 is 4.55. The molecule has 0 saturated heterocycles. The van der Waals surface area contributed by atoms with E-state index in [1.807, 2.05) is 0 Å². The Kier molecular flexibility index (Phi) is 1.73. The van der Waals surface area contributed by atoms with Crippen LogP contribution in [0, 0.1) is 13.8 Å². The maximum Gasteiger partial charge on any atom is 0.0727 e. The highest BCUT2D eigenvalue weighted by molar-refractivity contribution is 6.05. The van der Waals surface area contributed by atoms with Gasteiger partial charge in [-0.3, -0.25) is 0 Å². The predicted octanol–water partition coefficient (Wildman–Crippen LogP) is 3.29. The third kappa shape index (κ3) is 1.02. The van der Waals surface area contributed by atoms with Gasteiger partial charge < -0.3 is 9.13 Å². The van der Waals surface area contributed by atoms with Crippen molar-refractivity contribution in [2.45, 2.75) is 13.8 Å². The molecule has 0 N–H and O–H groups in total. The standard InChI is InChI=1S/C14H16N2/c1-9-7-11-5-6-12-8-10(2)16(4)14(12)13(11)15(9)3/h5-8H,1-4H3. The van der Waals surface area contributed by atoms with Crippen LogP contribution in [-0.2, 0) is 14.1 Å². The normalized spacial score (nSPS) is 11.8. The van der Waals surface area contributed by atoms with Crippen LogP contribution >= 0.6 is 0 Å². The zero-order valence-corrected chi connectivity index (χ0v) is 10.2. The smallest absolute Gasteiger partial charge is 0.0727 e. The van der Waals surface area contributed by atoms with Crippen LogP contribution in [0.1, 0.15) is 11.4 Å². The molecule has 0 radical (unpaired) electrons. The summed E-state index contributed by atoms with van der Waals surface area (Å²) in [7, 11) is 4.28. The van der Waals surface area contributed by atoms with Crippen molar-refractivity contribution >= 4 is 21.8 Å². The summed E-state index contributed by atoms with van der Waals surface area (Å²) in [5.74, 6) is 0. The number of fused-ring (bicyclic) bond motifs is 3. The van der Waals surface area contributed by atoms with E-state index in [9.17, 15) is 0 Å². The van der Waals surface area contributed by atoms with Crippen molar-refractivity contribution in [3.05, 3.63) is 35.7 Å². The molecule has 16 heavy (non-hydrogen) atoms. The van der Waals surface area contributed by atoms with E-state index < -0.39 is 0 Å². The van der Waals surface area contributed by atoms with Crippen molar-refractivity contribution in [2.75, 3.05) is 0 Å². The van der Waals surface area contributed by atoms with Gasteiger partial charge in [0.15, 0.2) is 0 Å². The van der Waals surface area contributed by atoms with Crippen molar-refractivity contribution in [2.24, 2.45) is 14.1 Å². The first-order valence-corrected chi connectivity index (χ1v) is 5.60. The minimum atomic E-state index is 1.31. The molecule has 0 spiro atoms. The Balaban J connectivity index is 2.66. The molecule has 0 aliphatic carbocycles. The van der Waals surface area contributed by atoms with Crippen LogP contribution in [-0.4, -0.2) is 9.13 Å². The molecule has 3 aromatic rings. The topological polar surface area (TPSA) is 9.86 Å². The van der Waals surface area contributed by atoms with E-state index in [2.05, 4.69) is 61.3 Å². The van der Waals surface area contributed by atoms with Crippen LogP contribution in [0.5, 0.6) is 0 Å². The average Bonchev–Trinajstić information content (AvgIpc) is 2.69. The lowest BCUT2D eigenvalue weighted by molar-refractivity contribution is 0.895. The molecule has 2 heterocycles. The number of benzene rings is 1. The molecule has 82 valence electrons. The van der Waals surface area contributed by atoms with Gasteiger partial charge in [-0.1, -0.05) is 12.1 Å². The van der Waals surface area contributed by atoms with Gasteiger partial charge in [0.25, 0.3) is 0 Å². The summed E-state index contributed by atoms with van der Waals surface area (Å²) in [6.45, 7) is 4.31. The van der Waals surface area contributed by atoms with E-state index in [0.717, 1.165) is 0 Å². The fraction of sp³-hybridized carbons (Fsp3) is 0.286. The monoisotopic (exact) mass is 212 g/mol. The Labute approximate surface area is 95.1 Å². The van der Waals surface area contributed by atoms with Crippen LogP contribution in [0.2, 0.25) is 0 Å². The zero-order valence-electron chi connectivity index (χ0n) is 10.2. The number of rotatable bonds is 0. The third-order valence-corrected chi connectivity index (χ3v) is 3.67. The van der Waals surface area contributed by atoms with Gasteiger partial charge in [-0.25, -0.2) is 0 Å². The van der Waals surface area contributed by atoms with Gasteiger partial charge in [0.1, 0.15) is 0 Å². The van der Waals surface area contributed by atoms with Crippen molar-refractivity contribution in [3.8, 4) is 0 Å². The molecule has 0 aliphatic rings. The molecule has 0 atom stereocenters. The average molecular weight is 212 g/mol. The molecule has 0 bridgehead atoms. The summed E-state index contributed by atoms with van der Waals surface area (Å²) in [6.07, 6.45) is 0. The van der Waals surface area contributed by atoms with Crippen molar-refractivity contribution in [3.63, 3.8) is 0 Å². The first-order valence-electron chi connectivity index (χ1n) is 5.60. The number of aromatic nitrogens is 2. The lowest BCUT2D eigenvalue weighted by atomic mass is 10.2. The molecule has 2 nitrogen and oxygen atoms in total. The third-order valence-electron chi connectivity index (χ3n) is 3.67. The molecule has 0 saturated carbocycles. The SMILES string of the molecule is Cc1cc2ccc3cc(C)n(C)c3c2n1C. The second-order valence-corrected chi connectivity index (χ2v) is 4.63. The number of hydrogen-bond acceptors (Lipinski definition) is 0. The van der Waals surface area contributed by atoms with Gasteiger partial charge in [-0.15, -0.1) is 0 Å². The van der Waals surface area contributed by atoms with Crippen LogP contribution in [0.25, 0.3) is 21.8 Å². The number of hydrogen-bond donors (Lipinski definition) is 0. The summed E-state index contributed by atoms with van der Waals surface area (Å²) in [5, 5.41) is 2.66. The van der Waals surface area contributed by atoms with Crippen LogP contribution in [0.4, 0.5) is 0 Å². The molecule has 1 aromatic carbocycles. The van der Waals surface area contributed by atoms with Gasteiger partial charge in [0.05, 0.1) is 11.0 Å². The second-order valence-electron chi connectivity index (χ2n) is 4.63. The van der Waals surface area contributed by atoms with E-state index in [1.165, 1.54) is 33.2 Å². The maximum absolute atomic E-state index is 2.27. The first-order chi connectivity index (χ1) is 7.59. The van der Waals surface area contributed by atoms with Crippen LogP contribution < -0.4 is 0 Å². The fourth-order valence-corrected chi connectivity index (χ4v) is 2.55. The first kappa shape index (κ1) is 9.52. The highest BCUT2D eigenvalue weighted by Gasteiger charge is 2.10. The van der Waals surface area contributed by atoms with Crippen molar-refractivity contribution in [1.82, 2.24) is 9.13 Å². The highest BCUT2D eigenvalue weighted by atomic mass is 15.0. The lowest BCUT2D eigenvalue weighted by Crippen LogP contribution is -1.95. The van der Waals surface area contributed by atoms with Crippen LogP contribution in [0.3, 0.4) is 0 Å². The van der Waals surface area contributed by atoms with Gasteiger partial charge in [0, 0.05) is 36.3 Å². The van der Waals surface area contributed by atoms with Gasteiger partial charge in [-0.2, -0.15) is 0 Å². The van der Waals surface area contributed by atoms with E-state index >= 15 is 0 Å². The second kappa shape index (κ2) is 2.91. The molecule has 0 amide bonds. The molecule has 0 unspecified atom stereocenters. The molecular weight excluding hydrogens is 196 g/mol. The van der Waals surface area contributed by atoms with E-state index in [4.69, 9.17) is 0 Å². The minimum Gasteiger partial charge on any atom is -0.346 e. The van der Waals surface area contributed by atoms with Crippen molar-refractivity contribution in [1.29, 1.82) is 0 Å². The van der Waals surface area contributed by atoms with E-state index in [1.54, 1.807) is 0 Å². The minimum absolute atomic E-state index is 1.31. The Morgan fingerprint density at radius 3 is 1.50 bits per heavy atom. The number of nitrogens with zero attached hydrogens (tertiary/aromatic N) is 2. The zero-order chi connectivity index (χ0) is 11.4. The summed E-state index contributed by atoms with van der Waals surface area (Å²) in [5.41, 5.74) is 5.29. The highest BCUT2D eigenvalue weighted by Crippen LogP contribution is 2.29. The Bertz CT molecular complexity index is 637. The molecule has 3 rings (SSSR count). The van der Waals surface area contributed by atoms with Gasteiger partial charge in [0.2, 0.25) is 0 Å². The molecule has 2 heteroatoms. The summed E-state index contributed by atoms with van der Waals surface area (Å²) in [6, 6.07) is 8.92. The summed E-state index contributed by atoms with van der Waals surface area (Å²) in [4.78, 5) is 0. The Hall–Kier alpha value is -1.70. The van der Waals surface area contributed by atoms with E-state index in [-0.39, 0.29) is 0 Å². The summed E-state index contributed by atoms with van der Waals surface area (Å²) >= 11 is 0. The maximum atomic E-state index is 2.27. The molecule has 0 fully saturated rings. The Morgan fingerprint density at radius 2 is 1.12 bits per heavy atom. The predicted molar refractivity (Wildman–Crippen MR) is 68.9 cm³/mol. The Morgan fingerprint density at radius 1 is 0.750 bits per heavy atom. The fourth-order valence-electron chi connectivity index (χ4n) is 2.55. The molecular formula is C14H16N2. The lowest BCUT2D eigenvalue weighted by Gasteiger charge is -2.04.